The van der Waals surface area contributed by atoms with Crippen molar-refractivity contribution in [2.75, 3.05) is 0 Å². The third kappa shape index (κ3) is 2.07. The summed E-state index contributed by atoms with van der Waals surface area (Å²) >= 11 is 0. The van der Waals surface area contributed by atoms with Gasteiger partial charge >= 0.3 is 0 Å². The summed E-state index contributed by atoms with van der Waals surface area (Å²) in [5, 5.41) is 9.75. The fourth-order valence-corrected chi connectivity index (χ4v) is 1.60. The molecule has 1 aromatic rings. The van der Waals surface area contributed by atoms with Crippen LogP contribution in [0, 0.1) is 12.8 Å². The van der Waals surface area contributed by atoms with Gasteiger partial charge in [0.1, 0.15) is 0 Å². The van der Waals surface area contributed by atoms with Crippen LogP contribution in [0.25, 0.3) is 0 Å². The molecule has 1 fully saturated rings. The summed E-state index contributed by atoms with van der Waals surface area (Å²) in [6.07, 6.45) is 6.70. The summed E-state index contributed by atoms with van der Waals surface area (Å²) in [5.41, 5.74) is 2.41. The SMILES string of the molecule is Cc1cnccc1CC(O)C1CC1. The largest absolute Gasteiger partial charge is 0.392 e. The van der Waals surface area contributed by atoms with E-state index in [4.69, 9.17) is 0 Å². The topological polar surface area (TPSA) is 33.1 Å². The Bertz CT molecular complexity index is 294. The maximum atomic E-state index is 9.75. The van der Waals surface area contributed by atoms with Crippen LogP contribution in [-0.4, -0.2) is 16.2 Å². The van der Waals surface area contributed by atoms with E-state index in [9.17, 15) is 5.11 Å². The van der Waals surface area contributed by atoms with Crippen molar-refractivity contribution in [2.45, 2.75) is 32.3 Å². The molecule has 1 aliphatic carbocycles. The van der Waals surface area contributed by atoms with Gasteiger partial charge in [-0.25, -0.2) is 0 Å². The Morgan fingerprint density at radius 3 is 3.00 bits per heavy atom. The molecule has 0 saturated heterocycles. The second-order valence-corrected chi connectivity index (χ2v) is 3.91. The van der Waals surface area contributed by atoms with Crippen LogP contribution in [0.2, 0.25) is 0 Å². The average molecular weight is 177 g/mol. The summed E-state index contributed by atoms with van der Waals surface area (Å²) in [4.78, 5) is 4.03. The van der Waals surface area contributed by atoms with Crippen LogP contribution >= 0.6 is 0 Å². The Balaban J connectivity index is 2.03. The van der Waals surface area contributed by atoms with Gasteiger partial charge in [0.15, 0.2) is 0 Å². The highest BCUT2D eigenvalue weighted by Crippen LogP contribution is 2.34. The Morgan fingerprint density at radius 1 is 1.62 bits per heavy atom. The van der Waals surface area contributed by atoms with E-state index >= 15 is 0 Å². The van der Waals surface area contributed by atoms with Crippen molar-refractivity contribution in [3.8, 4) is 0 Å². The lowest BCUT2D eigenvalue weighted by Crippen LogP contribution is -2.13. The Hall–Kier alpha value is -0.890. The molecular formula is C11H15NO. The molecule has 2 rings (SSSR count). The fourth-order valence-electron chi connectivity index (χ4n) is 1.60. The number of aliphatic hydroxyl groups excluding tert-OH is 1. The third-order valence-electron chi connectivity index (χ3n) is 2.73. The van der Waals surface area contributed by atoms with Crippen molar-refractivity contribution in [3.05, 3.63) is 29.6 Å². The lowest BCUT2D eigenvalue weighted by atomic mass is 10.0. The highest BCUT2D eigenvalue weighted by atomic mass is 16.3. The van der Waals surface area contributed by atoms with Crippen molar-refractivity contribution in [3.63, 3.8) is 0 Å². The number of aromatic nitrogens is 1. The molecule has 0 spiro atoms. The first-order valence-electron chi connectivity index (χ1n) is 4.85. The molecular weight excluding hydrogens is 162 g/mol. The van der Waals surface area contributed by atoms with Crippen LogP contribution in [0.5, 0.6) is 0 Å². The molecule has 1 N–H and O–H groups in total. The highest BCUT2D eigenvalue weighted by molar-refractivity contribution is 5.22. The zero-order valence-corrected chi connectivity index (χ0v) is 7.90. The first kappa shape index (κ1) is 8.70. The molecule has 1 atom stereocenters. The normalized spacial score (nSPS) is 18.6. The minimum Gasteiger partial charge on any atom is -0.392 e. The summed E-state index contributed by atoms with van der Waals surface area (Å²) in [6, 6.07) is 2.00. The van der Waals surface area contributed by atoms with Crippen molar-refractivity contribution < 1.29 is 5.11 Å². The molecule has 1 aromatic heterocycles. The van der Waals surface area contributed by atoms with Gasteiger partial charge in [-0.1, -0.05) is 0 Å². The number of pyridine rings is 1. The van der Waals surface area contributed by atoms with Gasteiger partial charge in [0.25, 0.3) is 0 Å². The van der Waals surface area contributed by atoms with Gasteiger partial charge in [0, 0.05) is 12.4 Å². The van der Waals surface area contributed by atoms with Gasteiger partial charge < -0.3 is 5.11 Å². The summed E-state index contributed by atoms with van der Waals surface area (Å²) in [6.45, 7) is 2.04. The van der Waals surface area contributed by atoms with E-state index in [0.717, 1.165) is 6.42 Å². The number of aryl methyl sites for hydroxylation is 1. The van der Waals surface area contributed by atoms with E-state index < -0.39 is 0 Å². The lowest BCUT2D eigenvalue weighted by Gasteiger charge is -2.10. The van der Waals surface area contributed by atoms with Gasteiger partial charge in [0.05, 0.1) is 6.10 Å². The Morgan fingerprint density at radius 2 is 2.38 bits per heavy atom. The Labute approximate surface area is 78.6 Å². The van der Waals surface area contributed by atoms with Crippen LogP contribution in [0.15, 0.2) is 18.5 Å². The predicted molar refractivity (Wildman–Crippen MR) is 51.4 cm³/mol. The van der Waals surface area contributed by atoms with Crippen LogP contribution in [-0.2, 0) is 6.42 Å². The first-order chi connectivity index (χ1) is 6.27. The molecule has 1 heterocycles. The van der Waals surface area contributed by atoms with Crippen LogP contribution in [0.1, 0.15) is 24.0 Å². The van der Waals surface area contributed by atoms with Crippen molar-refractivity contribution >= 4 is 0 Å². The van der Waals surface area contributed by atoms with E-state index in [0.29, 0.717) is 5.92 Å². The number of rotatable bonds is 3. The quantitative estimate of drug-likeness (QED) is 0.762. The van der Waals surface area contributed by atoms with Crippen LogP contribution in [0.4, 0.5) is 0 Å². The van der Waals surface area contributed by atoms with Crippen LogP contribution < -0.4 is 0 Å². The lowest BCUT2D eigenvalue weighted by molar-refractivity contribution is 0.151. The number of hydrogen-bond donors (Lipinski definition) is 1. The Kier molecular flexibility index (Phi) is 2.32. The minimum atomic E-state index is -0.138. The molecule has 0 aromatic carbocycles. The second-order valence-electron chi connectivity index (χ2n) is 3.91. The van der Waals surface area contributed by atoms with E-state index in [1.54, 1.807) is 6.20 Å². The summed E-state index contributed by atoms with van der Waals surface area (Å²) in [7, 11) is 0. The molecule has 0 radical (unpaired) electrons. The zero-order chi connectivity index (χ0) is 9.26. The molecule has 13 heavy (non-hydrogen) atoms. The molecule has 0 aliphatic heterocycles. The first-order valence-corrected chi connectivity index (χ1v) is 4.85. The summed E-state index contributed by atoms with van der Waals surface area (Å²) in [5.74, 6) is 0.563. The van der Waals surface area contributed by atoms with Gasteiger partial charge in [-0.3, -0.25) is 4.98 Å². The molecule has 0 amide bonds. The zero-order valence-electron chi connectivity index (χ0n) is 7.90. The standard InChI is InChI=1S/C11H15NO/c1-8-7-12-5-4-10(8)6-11(13)9-2-3-9/h4-5,7,9,11,13H,2-3,6H2,1H3. The van der Waals surface area contributed by atoms with E-state index in [2.05, 4.69) is 4.98 Å². The monoisotopic (exact) mass is 177 g/mol. The minimum absolute atomic E-state index is 0.138. The van der Waals surface area contributed by atoms with Gasteiger partial charge in [-0.2, -0.15) is 0 Å². The fraction of sp³-hybridized carbons (Fsp3) is 0.545. The van der Waals surface area contributed by atoms with E-state index in [-0.39, 0.29) is 6.10 Å². The molecule has 1 unspecified atom stereocenters. The molecule has 0 bridgehead atoms. The van der Waals surface area contributed by atoms with Gasteiger partial charge in [-0.05, 0) is 49.3 Å². The van der Waals surface area contributed by atoms with Crippen molar-refractivity contribution in [1.82, 2.24) is 4.98 Å². The van der Waals surface area contributed by atoms with Crippen molar-refractivity contribution in [2.24, 2.45) is 5.92 Å². The second kappa shape index (κ2) is 3.46. The van der Waals surface area contributed by atoms with E-state index in [1.165, 1.54) is 24.0 Å². The van der Waals surface area contributed by atoms with Crippen LogP contribution in [0.3, 0.4) is 0 Å². The molecule has 1 saturated carbocycles. The summed E-state index contributed by atoms with van der Waals surface area (Å²) < 4.78 is 0. The molecule has 2 nitrogen and oxygen atoms in total. The number of aliphatic hydroxyl groups is 1. The average Bonchev–Trinajstić information content (AvgIpc) is 2.91. The van der Waals surface area contributed by atoms with Gasteiger partial charge in [0.2, 0.25) is 0 Å². The smallest absolute Gasteiger partial charge is 0.0608 e. The van der Waals surface area contributed by atoms with E-state index in [1.807, 2.05) is 19.2 Å². The molecule has 1 aliphatic rings. The third-order valence-corrected chi connectivity index (χ3v) is 2.73. The maximum Gasteiger partial charge on any atom is 0.0608 e. The number of nitrogens with zero attached hydrogens (tertiary/aromatic N) is 1. The van der Waals surface area contributed by atoms with Crippen molar-refractivity contribution in [1.29, 1.82) is 0 Å². The predicted octanol–water partition coefficient (Wildman–Crippen LogP) is 1.70. The maximum absolute atomic E-state index is 9.75. The molecule has 70 valence electrons. The molecule has 2 heteroatoms. The highest BCUT2D eigenvalue weighted by Gasteiger charge is 2.29. The van der Waals surface area contributed by atoms with Gasteiger partial charge in [-0.15, -0.1) is 0 Å². The number of hydrogen-bond acceptors (Lipinski definition) is 2.